The van der Waals surface area contributed by atoms with Crippen LogP contribution in [-0.2, 0) is 9.47 Å². The van der Waals surface area contributed by atoms with Crippen LogP contribution in [0.4, 0.5) is 10.5 Å². The van der Waals surface area contributed by atoms with Crippen molar-refractivity contribution in [2.24, 2.45) is 0 Å². The van der Waals surface area contributed by atoms with E-state index in [0.717, 1.165) is 13.7 Å². The summed E-state index contributed by atoms with van der Waals surface area (Å²) < 4.78 is 12.0. The summed E-state index contributed by atoms with van der Waals surface area (Å²) >= 11 is 3.46. The summed E-state index contributed by atoms with van der Waals surface area (Å²) in [6.07, 6.45) is -0.601. The minimum atomic E-state index is -0.615. The number of thiophene rings is 1. The number of carbonyl (C=O) groups is 2. The number of methoxy groups -OCH3 is 1. The molecular formula is C15H16INO4S. The molecule has 0 saturated heterocycles. The highest BCUT2D eigenvalue weighted by Crippen LogP contribution is 2.37. The highest BCUT2D eigenvalue weighted by molar-refractivity contribution is 14.1. The van der Waals surface area contributed by atoms with Crippen LogP contribution in [0.15, 0.2) is 18.2 Å². The van der Waals surface area contributed by atoms with Crippen molar-refractivity contribution < 1.29 is 19.1 Å². The molecule has 0 aliphatic rings. The maximum atomic E-state index is 12.0. The third-order valence-electron chi connectivity index (χ3n) is 2.65. The number of hydrogen-bond donors (Lipinski definition) is 1. The Morgan fingerprint density at radius 1 is 1.27 bits per heavy atom. The van der Waals surface area contributed by atoms with Crippen LogP contribution in [-0.4, -0.2) is 24.8 Å². The van der Waals surface area contributed by atoms with Crippen LogP contribution < -0.4 is 5.32 Å². The van der Waals surface area contributed by atoms with Crippen LogP contribution >= 0.6 is 33.9 Å². The Morgan fingerprint density at radius 2 is 1.95 bits per heavy atom. The zero-order chi connectivity index (χ0) is 16.5. The lowest BCUT2D eigenvalue weighted by atomic mass is 10.2. The Hall–Kier alpha value is -1.35. The van der Waals surface area contributed by atoms with Crippen molar-refractivity contribution in [1.82, 2.24) is 0 Å². The fraction of sp³-hybridized carbons (Fsp3) is 0.333. The van der Waals surface area contributed by atoms with Crippen LogP contribution in [0.2, 0.25) is 0 Å². The number of benzene rings is 1. The van der Waals surface area contributed by atoms with Crippen LogP contribution in [0.3, 0.4) is 0 Å². The second kappa shape index (κ2) is 6.41. The first kappa shape index (κ1) is 17.0. The van der Waals surface area contributed by atoms with Crippen molar-refractivity contribution in [3.63, 3.8) is 0 Å². The van der Waals surface area contributed by atoms with E-state index in [1.807, 2.05) is 18.2 Å². The Balaban J connectivity index is 2.47. The summed E-state index contributed by atoms with van der Waals surface area (Å²) in [6.45, 7) is 5.34. The Kier molecular flexibility index (Phi) is 4.96. The normalized spacial score (nSPS) is 11.3. The molecule has 1 aromatic heterocycles. The maximum absolute atomic E-state index is 12.0. The number of anilines is 1. The molecule has 22 heavy (non-hydrogen) atoms. The van der Waals surface area contributed by atoms with E-state index in [4.69, 9.17) is 9.47 Å². The maximum Gasteiger partial charge on any atom is 0.412 e. The SMILES string of the molecule is COC(=O)c1sc2ccc(I)cc2c1NC(=O)OC(C)(C)C. The summed E-state index contributed by atoms with van der Waals surface area (Å²) in [5.74, 6) is -0.484. The lowest BCUT2D eigenvalue weighted by Gasteiger charge is -2.19. The summed E-state index contributed by atoms with van der Waals surface area (Å²) in [7, 11) is 1.31. The lowest BCUT2D eigenvalue weighted by molar-refractivity contribution is 0.0607. The summed E-state index contributed by atoms with van der Waals surface area (Å²) in [5.41, 5.74) is -0.185. The Morgan fingerprint density at radius 3 is 2.55 bits per heavy atom. The molecule has 2 rings (SSSR count). The van der Waals surface area contributed by atoms with Crippen molar-refractivity contribution in [1.29, 1.82) is 0 Å². The number of nitrogens with one attached hydrogen (secondary N) is 1. The zero-order valence-electron chi connectivity index (χ0n) is 12.7. The molecule has 0 aliphatic carbocycles. The largest absolute Gasteiger partial charge is 0.465 e. The van der Waals surface area contributed by atoms with Crippen molar-refractivity contribution in [3.05, 3.63) is 26.6 Å². The predicted octanol–water partition coefficient (Wildman–Crippen LogP) is 4.64. The van der Waals surface area contributed by atoms with E-state index in [2.05, 4.69) is 27.9 Å². The Bertz CT molecular complexity index is 733. The first-order chi connectivity index (χ1) is 10.2. The summed E-state index contributed by atoms with van der Waals surface area (Å²) in [6, 6.07) is 5.76. The first-order valence-corrected chi connectivity index (χ1v) is 8.41. The van der Waals surface area contributed by atoms with Gasteiger partial charge < -0.3 is 9.47 Å². The molecule has 118 valence electrons. The quantitative estimate of drug-likeness (QED) is 0.554. The predicted molar refractivity (Wildman–Crippen MR) is 95.7 cm³/mol. The van der Waals surface area contributed by atoms with E-state index in [1.54, 1.807) is 20.8 Å². The average molecular weight is 433 g/mol. The molecule has 0 fully saturated rings. The van der Waals surface area contributed by atoms with Gasteiger partial charge in [0, 0.05) is 13.7 Å². The summed E-state index contributed by atoms with van der Waals surface area (Å²) in [4.78, 5) is 24.3. The third-order valence-corrected chi connectivity index (χ3v) is 4.47. The fourth-order valence-electron chi connectivity index (χ4n) is 1.84. The second-order valence-corrected chi connectivity index (χ2v) is 7.86. The number of amides is 1. The number of halogens is 1. The molecule has 0 unspecified atom stereocenters. The van der Waals surface area contributed by atoms with E-state index in [-0.39, 0.29) is 0 Å². The van der Waals surface area contributed by atoms with Gasteiger partial charge in [-0.25, -0.2) is 9.59 Å². The van der Waals surface area contributed by atoms with Gasteiger partial charge in [0.2, 0.25) is 0 Å². The van der Waals surface area contributed by atoms with Crippen LogP contribution in [0.25, 0.3) is 10.1 Å². The average Bonchev–Trinajstić information content (AvgIpc) is 2.74. The molecule has 0 bridgehead atoms. The van der Waals surface area contributed by atoms with E-state index < -0.39 is 17.7 Å². The first-order valence-electron chi connectivity index (χ1n) is 6.51. The molecule has 0 spiro atoms. The van der Waals surface area contributed by atoms with Crippen molar-refractivity contribution in [2.75, 3.05) is 12.4 Å². The van der Waals surface area contributed by atoms with Gasteiger partial charge >= 0.3 is 12.1 Å². The third kappa shape index (κ3) is 3.89. The molecule has 1 heterocycles. The van der Waals surface area contributed by atoms with Gasteiger partial charge in [0.15, 0.2) is 0 Å². The van der Waals surface area contributed by atoms with Crippen molar-refractivity contribution in [3.8, 4) is 0 Å². The highest BCUT2D eigenvalue weighted by Gasteiger charge is 2.23. The Labute approximate surface area is 146 Å². The number of carbonyl (C=O) groups excluding carboxylic acids is 2. The van der Waals surface area contributed by atoms with Gasteiger partial charge in [-0.1, -0.05) is 0 Å². The van der Waals surface area contributed by atoms with Gasteiger partial charge in [0.25, 0.3) is 0 Å². The smallest absolute Gasteiger partial charge is 0.412 e. The second-order valence-electron chi connectivity index (χ2n) is 5.57. The number of ether oxygens (including phenoxy) is 2. The molecule has 1 aromatic carbocycles. The number of hydrogen-bond acceptors (Lipinski definition) is 5. The van der Waals surface area contributed by atoms with Gasteiger partial charge in [-0.3, -0.25) is 5.32 Å². The molecule has 0 atom stereocenters. The van der Waals surface area contributed by atoms with Crippen molar-refractivity contribution in [2.45, 2.75) is 26.4 Å². The standard InChI is InChI=1S/C15H16INO4S/c1-15(2,3)21-14(19)17-11-9-7-8(16)5-6-10(9)22-12(11)13(18)20-4/h5-7H,1-4H3,(H,17,19). The monoisotopic (exact) mass is 433 g/mol. The van der Waals surface area contributed by atoms with E-state index in [9.17, 15) is 9.59 Å². The minimum Gasteiger partial charge on any atom is -0.465 e. The molecule has 0 saturated carbocycles. The zero-order valence-corrected chi connectivity index (χ0v) is 15.6. The molecule has 1 amide bonds. The van der Waals surface area contributed by atoms with Gasteiger partial charge in [-0.05, 0) is 61.6 Å². The topological polar surface area (TPSA) is 64.6 Å². The highest BCUT2D eigenvalue weighted by atomic mass is 127. The van der Waals surface area contributed by atoms with Crippen LogP contribution in [0.1, 0.15) is 30.4 Å². The van der Waals surface area contributed by atoms with Gasteiger partial charge in [0.1, 0.15) is 10.5 Å². The molecule has 5 nitrogen and oxygen atoms in total. The van der Waals surface area contributed by atoms with E-state index >= 15 is 0 Å². The number of rotatable bonds is 2. The fourth-order valence-corrected chi connectivity index (χ4v) is 3.38. The number of fused-ring (bicyclic) bond motifs is 1. The minimum absolute atomic E-state index is 0.352. The van der Waals surface area contributed by atoms with Crippen molar-refractivity contribution >= 4 is 61.8 Å². The van der Waals surface area contributed by atoms with E-state index in [1.165, 1.54) is 18.4 Å². The van der Waals surface area contributed by atoms with Crippen LogP contribution in [0.5, 0.6) is 0 Å². The van der Waals surface area contributed by atoms with Gasteiger partial charge in [-0.2, -0.15) is 0 Å². The number of esters is 1. The summed E-state index contributed by atoms with van der Waals surface area (Å²) in [5, 5.41) is 3.47. The molecule has 0 aliphatic heterocycles. The molecule has 1 N–H and O–H groups in total. The molecular weight excluding hydrogens is 417 g/mol. The lowest BCUT2D eigenvalue weighted by Crippen LogP contribution is -2.27. The van der Waals surface area contributed by atoms with Gasteiger partial charge in [-0.15, -0.1) is 11.3 Å². The van der Waals surface area contributed by atoms with Gasteiger partial charge in [0.05, 0.1) is 12.8 Å². The molecule has 2 aromatic rings. The molecule has 7 heteroatoms. The van der Waals surface area contributed by atoms with Crippen LogP contribution in [0, 0.1) is 3.57 Å². The van der Waals surface area contributed by atoms with E-state index in [0.29, 0.717) is 10.6 Å². The molecule has 0 radical (unpaired) electrons.